The van der Waals surface area contributed by atoms with Gasteiger partial charge >= 0.3 is 0 Å². The van der Waals surface area contributed by atoms with E-state index >= 15 is 0 Å². The predicted octanol–water partition coefficient (Wildman–Crippen LogP) is 4.36. The molecule has 4 rings (SSSR count). The van der Waals surface area contributed by atoms with Crippen molar-refractivity contribution in [1.82, 2.24) is 5.32 Å². The first-order valence-electron chi connectivity index (χ1n) is 9.82. The van der Waals surface area contributed by atoms with Gasteiger partial charge in [0.2, 0.25) is 0 Å². The molecule has 1 aliphatic heterocycles. The van der Waals surface area contributed by atoms with Crippen LogP contribution in [-0.4, -0.2) is 18.1 Å². The average Bonchev–Trinajstić information content (AvgIpc) is 2.65. The zero-order valence-electron chi connectivity index (χ0n) is 16.1. The second-order valence-corrected chi connectivity index (χ2v) is 8.15. The number of hydrogen-bond acceptors (Lipinski definition) is 3. The minimum Gasteiger partial charge on any atom is -0.487 e. The Kier molecular flexibility index (Phi) is 4.81. The number of hydrogen-bond donors (Lipinski definition) is 1. The van der Waals surface area contributed by atoms with Crippen LogP contribution in [0.2, 0.25) is 0 Å². The highest BCUT2D eigenvalue weighted by Gasteiger charge is 2.34. The number of fused-ring (bicyclic) bond motifs is 2. The zero-order valence-corrected chi connectivity index (χ0v) is 16.1. The molecule has 0 radical (unpaired) electrons. The highest BCUT2D eigenvalue weighted by Crippen LogP contribution is 2.39. The van der Waals surface area contributed by atoms with Crippen molar-refractivity contribution in [2.45, 2.75) is 57.6 Å². The van der Waals surface area contributed by atoms with Gasteiger partial charge in [-0.05, 0) is 68.9 Å². The largest absolute Gasteiger partial charge is 0.487 e. The van der Waals surface area contributed by atoms with E-state index in [1.54, 1.807) is 0 Å². The molecule has 4 nitrogen and oxygen atoms in total. The summed E-state index contributed by atoms with van der Waals surface area (Å²) in [5.41, 5.74) is 3.49. The van der Waals surface area contributed by atoms with Crippen molar-refractivity contribution in [3.8, 4) is 11.5 Å². The molecule has 2 aromatic carbocycles. The molecule has 1 heterocycles. The van der Waals surface area contributed by atoms with E-state index in [2.05, 4.69) is 17.4 Å². The monoisotopic (exact) mass is 365 g/mol. The summed E-state index contributed by atoms with van der Waals surface area (Å²) in [6.07, 6.45) is 5.48. The van der Waals surface area contributed by atoms with Crippen molar-refractivity contribution >= 4 is 5.91 Å². The van der Waals surface area contributed by atoms with Gasteiger partial charge in [-0.3, -0.25) is 4.79 Å². The summed E-state index contributed by atoms with van der Waals surface area (Å²) in [5, 5.41) is 3.12. The van der Waals surface area contributed by atoms with Gasteiger partial charge in [-0.1, -0.05) is 24.3 Å². The minimum atomic E-state index is -0.314. The van der Waals surface area contributed by atoms with Gasteiger partial charge in [0, 0.05) is 12.0 Å². The maximum Gasteiger partial charge on any atom is 0.258 e. The molecule has 1 atom stereocenters. The highest BCUT2D eigenvalue weighted by molar-refractivity contribution is 5.78. The summed E-state index contributed by atoms with van der Waals surface area (Å²) in [5.74, 6) is 1.51. The summed E-state index contributed by atoms with van der Waals surface area (Å²) in [6, 6.07) is 14.0. The lowest BCUT2D eigenvalue weighted by Gasteiger charge is -2.37. The Bertz CT molecular complexity index is 843. The summed E-state index contributed by atoms with van der Waals surface area (Å²) >= 11 is 0. The fraction of sp³-hybridized carbons (Fsp3) is 0.435. The molecule has 4 heteroatoms. The number of carbonyl (C=O) groups is 1. The maximum absolute atomic E-state index is 12.5. The molecule has 27 heavy (non-hydrogen) atoms. The highest BCUT2D eigenvalue weighted by atomic mass is 16.5. The molecular weight excluding hydrogens is 338 g/mol. The van der Waals surface area contributed by atoms with Crippen LogP contribution in [0.15, 0.2) is 42.5 Å². The number of amides is 1. The molecule has 2 aromatic rings. The van der Waals surface area contributed by atoms with Crippen LogP contribution in [0.4, 0.5) is 0 Å². The van der Waals surface area contributed by atoms with Crippen LogP contribution in [0, 0.1) is 0 Å². The van der Waals surface area contributed by atoms with E-state index in [9.17, 15) is 4.79 Å². The van der Waals surface area contributed by atoms with E-state index in [0.29, 0.717) is 0 Å². The van der Waals surface area contributed by atoms with E-state index in [4.69, 9.17) is 9.47 Å². The quantitative estimate of drug-likeness (QED) is 0.876. The number of rotatable bonds is 4. The van der Waals surface area contributed by atoms with E-state index in [1.807, 2.05) is 44.2 Å². The molecule has 0 fully saturated rings. The Hall–Kier alpha value is -2.49. The first-order chi connectivity index (χ1) is 13.0. The molecule has 2 aliphatic rings. The fourth-order valence-corrected chi connectivity index (χ4v) is 4.12. The van der Waals surface area contributed by atoms with Crippen LogP contribution >= 0.6 is 0 Å². The van der Waals surface area contributed by atoms with E-state index in [-0.39, 0.29) is 24.2 Å². The van der Waals surface area contributed by atoms with Gasteiger partial charge in [0.25, 0.3) is 5.91 Å². The molecule has 1 amide bonds. The second kappa shape index (κ2) is 7.26. The van der Waals surface area contributed by atoms with Crippen molar-refractivity contribution < 1.29 is 14.3 Å². The number of benzene rings is 2. The van der Waals surface area contributed by atoms with Crippen LogP contribution in [0.3, 0.4) is 0 Å². The fourth-order valence-electron chi connectivity index (χ4n) is 4.12. The number of para-hydroxylation sites is 1. The van der Waals surface area contributed by atoms with Gasteiger partial charge < -0.3 is 14.8 Å². The molecule has 0 spiro atoms. The van der Waals surface area contributed by atoms with Gasteiger partial charge in [-0.2, -0.15) is 0 Å². The molecule has 1 N–H and O–H groups in total. The molecule has 0 aromatic heterocycles. The Morgan fingerprint density at radius 3 is 2.78 bits per heavy atom. The third kappa shape index (κ3) is 4.10. The van der Waals surface area contributed by atoms with Gasteiger partial charge in [0.1, 0.15) is 17.1 Å². The summed E-state index contributed by atoms with van der Waals surface area (Å²) in [7, 11) is 0. The summed E-state index contributed by atoms with van der Waals surface area (Å²) in [4.78, 5) is 12.5. The van der Waals surface area contributed by atoms with Crippen LogP contribution in [0.1, 0.15) is 55.8 Å². The molecule has 1 unspecified atom stereocenters. The number of carbonyl (C=O) groups excluding carboxylic acids is 1. The maximum atomic E-state index is 12.5. The molecule has 0 saturated carbocycles. The minimum absolute atomic E-state index is 0.0265. The van der Waals surface area contributed by atoms with Crippen molar-refractivity contribution in [2.75, 3.05) is 6.61 Å². The first-order valence-corrected chi connectivity index (χ1v) is 9.82. The standard InChI is InChI=1S/C23H27NO3/c1-23(2)14-20(19-9-5-6-10-21(19)27-23)24-22(25)15-26-18-12-11-16-7-3-4-8-17(16)13-18/h5-6,9-13,20H,3-4,7-8,14-15H2,1-2H3,(H,24,25). The third-order valence-corrected chi connectivity index (χ3v) is 5.40. The van der Waals surface area contributed by atoms with Gasteiger partial charge in [0.15, 0.2) is 6.61 Å². The van der Waals surface area contributed by atoms with E-state index in [1.165, 1.54) is 24.0 Å². The normalized spacial score (nSPS) is 20.0. The Labute approximate surface area is 160 Å². The number of ether oxygens (including phenoxy) is 2. The van der Waals surface area contributed by atoms with E-state index < -0.39 is 0 Å². The van der Waals surface area contributed by atoms with Crippen LogP contribution in [0.25, 0.3) is 0 Å². The van der Waals surface area contributed by atoms with Crippen molar-refractivity contribution in [1.29, 1.82) is 0 Å². The topological polar surface area (TPSA) is 47.6 Å². The van der Waals surface area contributed by atoms with Gasteiger partial charge in [-0.25, -0.2) is 0 Å². The number of aryl methyl sites for hydroxylation is 2. The smallest absolute Gasteiger partial charge is 0.258 e. The van der Waals surface area contributed by atoms with Gasteiger partial charge in [0.05, 0.1) is 6.04 Å². The SMILES string of the molecule is CC1(C)CC(NC(=O)COc2ccc3c(c2)CCCC3)c2ccccc2O1. The van der Waals surface area contributed by atoms with Crippen LogP contribution in [0.5, 0.6) is 11.5 Å². The Balaban J connectivity index is 1.40. The van der Waals surface area contributed by atoms with Crippen molar-refractivity contribution in [3.63, 3.8) is 0 Å². The lowest BCUT2D eigenvalue weighted by atomic mass is 9.89. The summed E-state index contributed by atoms with van der Waals surface area (Å²) in [6.45, 7) is 4.12. The predicted molar refractivity (Wildman–Crippen MR) is 105 cm³/mol. The molecular formula is C23H27NO3. The Morgan fingerprint density at radius 2 is 1.93 bits per heavy atom. The zero-order chi connectivity index (χ0) is 18.9. The first kappa shape index (κ1) is 17.9. The van der Waals surface area contributed by atoms with Crippen molar-refractivity contribution in [2.24, 2.45) is 0 Å². The average molecular weight is 365 g/mol. The third-order valence-electron chi connectivity index (χ3n) is 5.40. The molecule has 0 saturated heterocycles. The van der Waals surface area contributed by atoms with Crippen molar-refractivity contribution in [3.05, 3.63) is 59.2 Å². The summed E-state index contributed by atoms with van der Waals surface area (Å²) < 4.78 is 11.8. The Morgan fingerprint density at radius 1 is 1.15 bits per heavy atom. The van der Waals surface area contributed by atoms with Crippen LogP contribution < -0.4 is 14.8 Å². The van der Waals surface area contributed by atoms with E-state index in [0.717, 1.165) is 36.3 Å². The lowest BCUT2D eigenvalue weighted by molar-refractivity contribution is -0.124. The molecule has 1 aliphatic carbocycles. The lowest BCUT2D eigenvalue weighted by Crippen LogP contribution is -2.42. The second-order valence-electron chi connectivity index (χ2n) is 8.15. The molecule has 142 valence electrons. The number of nitrogens with one attached hydrogen (secondary N) is 1. The van der Waals surface area contributed by atoms with Gasteiger partial charge in [-0.15, -0.1) is 0 Å². The molecule has 0 bridgehead atoms. The van der Waals surface area contributed by atoms with Crippen LogP contribution in [-0.2, 0) is 17.6 Å².